The van der Waals surface area contributed by atoms with E-state index in [1.54, 1.807) is 19.1 Å². The molecule has 160 valence electrons. The van der Waals surface area contributed by atoms with Gasteiger partial charge in [0.05, 0.1) is 26.3 Å². The van der Waals surface area contributed by atoms with Gasteiger partial charge in [0.25, 0.3) is 5.91 Å². The van der Waals surface area contributed by atoms with E-state index in [0.717, 1.165) is 17.0 Å². The third-order valence-electron chi connectivity index (χ3n) is 5.37. The minimum atomic E-state index is -0.422. The number of nitrogens with one attached hydrogen (secondary N) is 1. The number of rotatable bonds is 7. The quantitative estimate of drug-likeness (QED) is 0.605. The van der Waals surface area contributed by atoms with Crippen molar-refractivity contribution in [2.24, 2.45) is 0 Å². The van der Waals surface area contributed by atoms with E-state index in [1.807, 2.05) is 73.7 Å². The number of hydrogen-bond acceptors (Lipinski definition) is 5. The fourth-order valence-electron chi connectivity index (χ4n) is 3.79. The molecule has 0 unspecified atom stereocenters. The van der Waals surface area contributed by atoms with Gasteiger partial charge < -0.3 is 24.4 Å². The van der Waals surface area contributed by atoms with Crippen LogP contribution in [0.3, 0.4) is 0 Å². The summed E-state index contributed by atoms with van der Waals surface area (Å²) in [5.74, 6) is 1.93. The zero-order chi connectivity index (χ0) is 21.8. The van der Waals surface area contributed by atoms with Gasteiger partial charge in [0.15, 0.2) is 11.5 Å². The predicted octanol–water partition coefficient (Wildman–Crippen LogP) is 4.66. The SMILES string of the molecule is COc1cccc([C@@H]2Nc3ccccc3C(=O)N2CCOc2ccc(C)cc2)c1OC. The maximum atomic E-state index is 13.4. The van der Waals surface area contributed by atoms with Crippen molar-refractivity contribution in [2.45, 2.75) is 13.1 Å². The summed E-state index contributed by atoms with van der Waals surface area (Å²) in [6.07, 6.45) is -0.422. The minimum absolute atomic E-state index is 0.0586. The van der Waals surface area contributed by atoms with Crippen molar-refractivity contribution in [3.05, 3.63) is 83.4 Å². The Kier molecular flexibility index (Phi) is 5.98. The number of nitrogens with zero attached hydrogens (tertiary/aromatic N) is 1. The Hall–Kier alpha value is -3.67. The van der Waals surface area contributed by atoms with E-state index in [-0.39, 0.29) is 5.91 Å². The Labute approximate surface area is 182 Å². The van der Waals surface area contributed by atoms with Crippen LogP contribution in [0.1, 0.15) is 27.7 Å². The molecule has 0 aromatic heterocycles. The number of hydrogen-bond donors (Lipinski definition) is 1. The number of aryl methyl sites for hydroxylation is 1. The summed E-state index contributed by atoms with van der Waals surface area (Å²) in [6, 6.07) is 21.1. The molecule has 0 aliphatic carbocycles. The molecule has 0 spiro atoms. The number of ether oxygens (including phenoxy) is 3. The van der Waals surface area contributed by atoms with Crippen LogP contribution in [-0.4, -0.2) is 38.2 Å². The van der Waals surface area contributed by atoms with E-state index in [9.17, 15) is 4.79 Å². The van der Waals surface area contributed by atoms with E-state index in [4.69, 9.17) is 14.2 Å². The largest absolute Gasteiger partial charge is 0.493 e. The Morgan fingerprint density at radius 2 is 1.71 bits per heavy atom. The molecule has 1 aliphatic heterocycles. The molecule has 0 saturated heterocycles. The van der Waals surface area contributed by atoms with E-state index >= 15 is 0 Å². The Balaban J connectivity index is 1.64. The first kappa shape index (κ1) is 20.6. The van der Waals surface area contributed by atoms with Gasteiger partial charge in [-0.25, -0.2) is 0 Å². The van der Waals surface area contributed by atoms with Crippen LogP contribution in [0.15, 0.2) is 66.7 Å². The molecule has 0 saturated carbocycles. The zero-order valence-electron chi connectivity index (χ0n) is 17.9. The number of benzene rings is 3. The van der Waals surface area contributed by atoms with Crippen molar-refractivity contribution in [3.63, 3.8) is 0 Å². The first-order chi connectivity index (χ1) is 15.1. The highest BCUT2D eigenvalue weighted by Gasteiger charge is 2.34. The number of carbonyl (C=O) groups is 1. The number of para-hydroxylation sites is 2. The van der Waals surface area contributed by atoms with Gasteiger partial charge in [-0.2, -0.15) is 0 Å². The molecule has 31 heavy (non-hydrogen) atoms. The molecule has 3 aromatic carbocycles. The summed E-state index contributed by atoms with van der Waals surface area (Å²) in [4.78, 5) is 15.2. The molecule has 6 nitrogen and oxygen atoms in total. The maximum Gasteiger partial charge on any atom is 0.257 e. The van der Waals surface area contributed by atoms with Gasteiger partial charge in [-0.15, -0.1) is 0 Å². The summed E-state index contributed by atoms with van der Waals surface area (Å²) in [6.45, 7) is 2.80. The minimum Gasteiger partial charge on any atom is -0.493 e. The molecule has 3 aromatic rings. The van der Waals surface area contributed by atoms with Gasteiger partial charge >= 0.3 is 0 Å². The number of methoxy groups -OCH3 is 2. The predicted molar refractivity (Wildman–Crippen MR) is 120 cm³/mol. The first-order valence-electron chi connectivity index (χ1n) is 10.2. The second kappa shape index (κ2) is 9.00. The molecule has 0 bridgehead atoms. The zero-order valence-corrected chi connectivity index (χ0v) is 17.9. The van der Waals surface area contributed by atoms with Crippen LogP contribution in [0.5, 0.6) is 17.2 Å². The molecule has 1 amide bonds. The Bertz CT molecular complexity index is 1070. The molecule has 1 heterocycles. The second-order valence-corrected chi connectivity index (χ2v) is 7.34. The fourth-order valence-corrected chi connectivity index (χ4v) is 3.79. The van der Waals surface area contributed by atoms with Gasteiger partial charge in [-0.1, -0.05) is 42.0 Å². The lowest BCUT2D eigenvalue weighted by molar-refractivity contribution is 0.0648. The second-order valence-electron chi connectivity index (χ2n) is 7.34. The number of fused-ring (bicyclic) bond motifs is 1. The van der Waals surface area contributed by atoms with Gasteiger partial charge in [0.2, 0.25) is 0 Å². The third kappa shape index (κ3) is 4.14. The van der Waals surface area contributed by atoms with Crippen molar-refractivity contribution in [1.82, 2.24) is 4.90 Å². The summed E-state index contributed by atoms with van der Waals surface area (Å²) >= 11 is 0. The van der Waals surface area contributed by atoms with Crippen LogP contribution < -0.4 is 19.5 Å². The average molecular weight is 418 g/mol. The van der Waals surface area contributed by atoms with Crippen molar-refractivity contribution in [1.29, 1.82) is 0 Å². The summed E-state index contributed by atoms with van der Waals surface area (Å²) < 4.78 is 17.0. The summed E-state index contributed by atoms with van der Waals surface area (Å²) in [5, 5.41) is 3.49. The maximum absolute atomic E-state index is 13.4. The molecule has 1 atom stereocenters. The van der Waals surface area contributed by atoms with Crippen LogP contribution in [0.4, 0.5) is 5.69 Å². The molecule has 0 radical (unpaired) electrons. The van der Waals surface area contributed by atoms with E-state index < -0.39 is 6.17 Å². The monoisotopic (exact) mass is 418 g/mol. The number of carbonyl (C=O) groups excluding carboxylic acids is 1. The normalized spacial score (nSPS) is 15.1. The highest BCUT2D eigenvalue weighted by Crippen LogP contribution is 2.40. The molecule has 4 rings (SSSR count). The van der Waals surface area contributed by atoms with E-state index in [2.05, 4.69) is 5.32 Å². The lowest BCUT2D eigenvalue weighted by atomic mass is 10.0. The van der Waals surface area contributed by atoms with Crippen LogP contribution >= 0.6 is 0 Å². The van der Waals surface area contributed by atoms with Crippen LogP contribution in [-0.2, 0) is 0 Å². The molecular weight excluding hydrogens is 392 g/mol. The van der Waals surface area contributed by atoms with Gasteiger partial charge in [-0.3, -0.25) is 4.79 Å². The summed E-state index contributed by atoms with van der Waals surface area (Å²) in [7, 11) is 3.20. The van der Waals surface area contributed by atoms with Gasteiger partial charge in [0.1, 0.15) is 18.5 Å². The third-order valence-corrected chi connectivity index (χ3v) is 5.37. The topological polar surface area (TPSA) is 60.0 Å². The Morgan fingerprint density at radius 3 is 2.45 bits per heavy atom. The highest BCUT2D eigenvalue weighted by molar-refractivity contribution is 6.01. The van der Waals surface area contributed by atoms with E-state index in [0.29, 0.717) is 30.2 Å². The van der Waals surface area contributed by atoms with Crippen LogP contribution in [0.2, 0.25) is 0 Å². The standard InChI is InChI=1S/C25H26N2O4/c1-17-11-13-18(14-12-17)31-16-15-27-24(20-8-6-10-22(29-2)23(20)30-3)26-21-9-5-4-7-19(21)25(27)28/h4-14,24,26H,15-16H2,1-3H3/t24-/m1/s1. The smallest absolute Gasteiger partial charge is 0.257 e. The Morgan fingerprint density at radius 1 is 0.935 bits per heavy atom. The number of anilines is 1. The molecular formula is C25H26N2O4. The van der Waals surface area contributed by atoms with Crippen molar-refractivity contribution >= 4 is 11.6 Å². The van der Waals surface area contributed by atoms with Crippen molar-refractivity contribution in [2.75, 3.05) is 32.7 Å². The average Bonchev–Trinajstić information content (AvgIpc) is 2.81. The first-order valence-corrected chi connectivity index (χ1v) is 10.2. The lowest BCUT2D eigenvalue weighted by Crippen LogP contribution is -2.45. The molecule has 0 fully saturated rings. The van der Waals surface area contributed by atoms with Crippen LogP contribution in [0, 0.1) is 6.92 Å². The van der Waals surface area contributed by atoms with Gasteiger partial charge in [0, 0.05) is 11.3 Å². The molecule has 6 heteroatoms. The van der Waals surface area contributed by atoms with E-state index in [1.165, 1.54) is 5.56 Å². The van der Waals surface area contributed by atoms with Crippen molar-refractivity contribution in [3.8, 4) is 17.2 Å². The fraction of sp³-hybridized carbons (Fsp3) is 0.240. The molecule has 1 N–H and O–H groups in total. The van der Waals surface area contributed by atoms with Gasteiger partial charge in [-0.05, 0) is 37.3 Å². The lowest BCUT2D eigenvalue weighted by Gasteiger charge is -2.38. The highest BCUT2D eigenvalue weighted by atomic mass is 16.5. The number of amides is 1. The van der Waals surface area contributed by atoms with Crippen molar-refractivity contribution < 1.29 is 19.0 Å². The van der Waals surface area contributed by atoms with Crippen LogP contribution in [0.25, 0.3) is 0 Å². The summed E-state index contributed by atoms with van der Waals surface area (Å²) in [5.41, 5.74) is 3.42. The molecule has 1 aliphatic rings.